The molecular weight excluding hydrogens is 223 g/mol. The Kier molecular flexibility index (Phi) is 2.44. The van der Waals surface area contributed by atoms with Gasteiger partial charge < -0.3 is 0 Å². The fraction of sp³-hybridized carbons (Fsp3) is 0.625. The van der Waals surface area contributed by atoms with Crippen molar-refractivity contribution < 1.29 is 0 Å². The summed E-state index contributed by atoms with van der Waals surface area (Å²) in [5.41, 5.74) is 1.61. The molecule has 0 aromatic rings. The molecule has 1 heterocycles. The average Bonchev–Trinajstić information content (AvgIpc) is 1.83. The highest BCUT2D eigenvalue weighted by Crippen LogP contribution is 2.26. The van der Waals surface area contributed by atoms with Crippen molar-refractivity contribution in [2.75, 3.05) is 0 Å². The lowest BCUT2D eigenvalue weighted by Gasteiger charge is -2.19. The Balaban J connectivity index is 2.73. The highest BCUT2D eigenvalue weighted by molar-refractivity contribution is 14.2. The first-order chi connectivity index (χ1) is 4.22. The van der Waals surface area contributed by atoms with Crippen LogP contribution in [0.2, 0.25) is 0 Å². The van der Waals surface area contributed by atoms with E-state index < -0.39 is 0 Å². The Morgan fingerprint density at radius 3 is 2.56 bits per heavy atom. The summed E-state index contributed by atoms with van der Waals surface area (Å²) in [5, 5.41) is 0. The second-order valence-corrected chi connectivity index (χ2v) is 4.81. The minimum Gasteiger partial charge on any atom is -0.0979 e. The fourth-order valence-electron chi connectivity index (χ4n) is 0.874. The summed E-state index contributed by atoms with van der Waals surface area (Å²) in [7, 11) is 0. The van der Waals surface area contributed by atoms with Gasteiger partial charge in [0.2, 0.25) is 0 Å². The van der Waals surface area contributed by atoms with Gasteiger partial charge in [0.15, 0.2) is 0 Å². The molecule has 2 unspecified atom stereocenters. The van der Waals surface area contributed by atoms with Crippen molar-refractivity contribution in [2.45, 2.75) is 20.8 Å². The molecular formula is C8H13I. The van der Waals surface area contributed by atoms with Gasteiger partial charge in [-0.3, -0.25) is 0 Å². The summed E-state index contributed by atoms with van der Waals surface area (Å²) >= 11 is 0.320. The molecule has 9 heavy (non-hydrogen) atoms. The summed E-state index contributed by atoms with van der Waals surface area (Å²) < 4.78 is 4.93. The van der Waals surface area contributed by atoms with Gasteiger partial charge in [0.25, 0.3) is 0 Å². The lowest BCUT2D eigenvalue weighted by Crippen LogP contribution is -2.11. The zero-order valence-corrected chi connectivity index (χ0v) is 8.34. The molecule has 0 nitrogen and oxygen atoms in total. The molecule has 0 aromatic carbocycles. The summed E-state index contributed by atoms with van der Waals surface area (Å²) in [6.45, 7) is 6.89. The van der Waals surface area contributed by atoms with E-state index in [1.807, 2.05) is 0 Å². The normalized spacial score (nSPS) is 35.2. The number of halogens is 1. The fourth-order valence-corrected chi connectivity index (χ4v) is 3.49. The number of hydrogen-bond donors (Lipinski definition) is 0. The van der Waals surface area contributed by atoms with E-state index in [4.69, 9.17) is 0 Å². The van der Waals surface area contributed by atoms with E-state index >= 15 is 0 Å². The summed E-state index contributed by atoms with van der Waals surface area (Å²) in [6, 6.07) is 0. The Labute approximate surface area is 67.1 Å². The van der Waals surface area contributed by atoms with E-state index in [2.05, 4.69) is 28.9 Å². The molecule has 52 valence electrons. The van der Waals surface area contributed by atoms with Crippen molar-refractivity contribution in [3.05, 3.63) is 9.66 Å². The van der Waals surface area contributed by atoms with Crippen molar-refractivity contribution >= 4 is 24.7 Å². The van der Waals surface area contributed by atoms with Crippen LogP contribution in [0, 0.1) is 11.8 Å². The summed E-state index contributed by atoms with van der Waals surface area (Å²) in [4.78, 5) is 0. The van der Waals surface area contributed by atoms with Crippen LogP contribution in [0.15, 0.2) is 9.66 Å². The third kappa shape index (κ3) is 1.63. The van der Waals surface area contributed by atoms with E-state index in [0.29, 0.717) is 20.7 Å². The van der Waals surface area contributed by atoms with Gasteiger partial charge in [-0.25, -0.2) is 0 Å². The quantitative estimate of drug-likeness (QED) is 0.567. The van der Waals surface area contributed by atoms with Crippen molar-refractivity contribution in [2.24, 2.45) is 11.8 Å². The average molecular weight is 236 g/mol. The number of rotatable bonds is 0. The van der Waals surface area contributed by atoms with E-state index in [-0.39, 0.29) is 0 Å². The molecule has 0 amide bonds. The molecule has 0 bridgehead atoms. The van der Waals surface area contributed by atoms with Gasteiger partial charge in [0.1, 0.15) is 0 Å². The molecule has 0 fully saturated rings. The first-order valence-corrected chi connectivity index (χ1v) is 5.83. The second-order valence-electron chi connectivity index (χ2n) is 2.75. The third-order valence-corrected chi connectivity index (χ3v) is 4.91. The molecule has 1 heteroatoms. The van der Waals surface area contributed by atoms with Gasteiger partial charge in [-0.1, -0.05) is 40.2 Å². The van der Waals surface area contributed by atoms with Crippen molar-refractivity contribution in [1.29, 1.82) is 0 Å². The summed E-state index contributed by atoms with van der Waals surface area (Å²) in [5.74, 6) is 1.64. The Bertz CT molecular complexity index is 156. The van der Waals surface area contributed by atoms with E-state index in [9.17, 15) is 0 Å². The van der Waals surface area contributed by atoms with Gasteiger partial charge in [-0.15, -0.1) is 0 Å². The maximum atomic E-state index is 2.50. The molecule has 0 aliphatic carbocycles. The zero-order valence-electron chi connectivity index (χ0n) is 6.19. The molecule has 1 aliphatic heterocycles. The first-order valence-electron chi connectivity index (χ1n) is 3.34. The molecule has 1 rings (SSSR count). The summed E-state index contributed by atoms with van der Waals surface area (Å²) in [6.07, 6.45) is 0. The van der Waals surface area contributed by atoms with Crippen LogP contribution in [0.1, 0.15) is 20.8 Å². The highest BCUT2D eigenvalue weighted by Gasteiger charge is 2.12. The van der Waals surface area contributed by atoms with Crippen LogP contribution in [0.4, 0.5) is 0 Å². The SMILES string of the molecule is CC1=CI=CC(C)C1C. The van der Waals surface area contributed by atoms with Crippen molar-refractivity contribution in [3.8, 4) is 0 Å². The molecule has 0 radical (unpaired) electrons. The molecule has 1 aliphatic rings. The Morgan fingerprint density at radius 2 is 2.11 bits per heavy atom. The molecule has 0 aromatic heterocycles. The monoisotopic (exact) mass is 236 g/mol. The van der Waals surface area contributed by atoms with Gasteiger partial charge in [-0.05, 0) is 26.9 Å². The lowest BCUT2D eigenvalue weighted by molar-refractivity contribution is 0.573. The minimum atomic E-state index is 0.320. The highest BCUT2D eigenvalue weighted by atomic mass is 127. The van der Waals surface area contributed by atoms with Gasteiger partial charge in [-0.2, -0.15) is 0 Å². The first kappa shape index (κ1) is 7.45. The standard InChI is InChI=1S/C8H13I/c1-6-4-9-5-7(2)8(6)3/h4-6,8H,1-3H3. The van der Waals surface area contributed by atoms with E-state index in [0.717, 1.165) is 11.8 Å². The molecule has 0 N–H and O–H groups in total. The second kappa shape index (κ2) is 2.95. The maximum Gasteiger partial charge on any atom is -0.0142 e. The van der Waals surface area contributed by atoms with Crippen LogP contribution in [0.3, 0.4) is 0 Å². The van der Waals surface area contributed by atoms with Crippen LogP contribution in [0.25, 0.3) is 0 Å². The topological polar surface area (TPSA) is 0 Å². The number of allylic oxidation sites excluding steroid dienone is 1. The molecule has 0 spiro atoms. The predicted molar refractivity (Wildman–Crippen MR) is 52.2 cm³/mol. The zero-order chi connectivity index (χ0) is 6.85. The molecule has 0 saturated heterocycles. The Morgan fingerprint density at radius 1 is 1.44 bits per heavy atom. The van der Waals surface area contributed by atoms with Crippen molar-refractivity contribution in [3.63, 3.8) is 0 Å². The minimum absolute atomic E-state index is 0.320. The van der Waals surface area contributed by atoms with Crippen LogP contribution in [0.5, 0.6) is 0 Å². The third-order valence-electron chi connectivity index (χ3n) is 2.01. The molecule has 2 atom stereocenters. The van der Waals surface area contributed by atoms with Crippen LogP contribution in [-0.2, 0) is 0 Å². The number of hydrogen-bond acceptors (Lipinski definition) is 0. The van der Waals surface area contributed by atoms with Gasteiger partial charge >= 0.3 is 0 Å². The van der Waals surface area contributed by atoms with Gasteiger partial charge in [0.05, 0.1) is 0 Å². The van der Waals surface area contributed by atoms with Crippen LogP contribution in [-0.4, -0.2) is 4.01 Å². The van der Waals surface area contributed by atoms with E-state index in [1.54, 1.807) is 5.57 Å². The van der Waals surface area contributed by atoms with Crippen molar-refractivity contribution in [1.82, 2.24) is 0 Å². The smallest absolute Gasteiger partial charge is 0.0142 e. The van der Waals surface area contributed by atoms with Crippen LogP contribution >= 0.6 is 20.7 Å². The van der Waals surface area contributed by atoms with E-state index in [1.165, 1.54) is 0 Å². The van der Waals surface area contributed by atoms with Gasteiger partial charge in [0, 0.05) is 0 Å². The maximum absolute atomic E-state index is 2.50. The Hall–Kier alpha value is 0.340. The largest absolute Gasteiger partial charge is 0.0979 e. The van der Waals surface area contributed by atoms with Crippen LogP contribution < -0.4 is 0 Å². The lowest BCUT2D eigenvalue weighted by atomic mass is 9.92. The predicted octanol–water partition coefficient (Wildman–Crippen LogP) is 2.95. The molecule has 0 saturated carbocycles.